The van der Waals surface area contributed by atoms with Gasteiger partial charge in [-0.2, -0.15) is 0 Å². The smallest absolute Gasteiger partial charge is 0.309 e. The molecule has 0 bridgehead atoms. The molecule has 0 amide bonds. The van der Waals surface area contributed by atoms with E-state index in [1.165, 1.54) is 0 Å². The number of ether oxygens (including phenoxy) is 1. The molecule has 94 valence electrons. The zero-order chi connectivity index (χ0) is 13.0. The lowest BCUT2D eigenvalue weighted by atomic mass is 9.81. The summed E-state index contributed by atoms with van der Waals surface area (Å²) in [5, 5.41) is 0. The molecule has 0 unspecified atom stereocenters. The maximum absolute atomic E-state index is 12.0. The van der Waals surface area contributed by atoms with Crippen LogP contribution in [0.25, 0.3) is 0 Å². The molecule has 18 heavy (non-hydrogen) atoms. The third-order valence-corrected chi connectivity index (χ3v) is 4.33. The van der Waals surface area contributed by atoms with Gasteiger partial charge in [-0.3, -0.25) is 9.59 Å². The molecule has 0 aromatic rings. The topological polar surface area (TPSA) is 43.4 Å². The summed E-state index contributed by atoms with van der Waals surface area (Å²) in [7, 11) is 0. The molecule has 1 aliphatic heterocycles. The number of carbonyl (C=O) groups excluding carboxylic acids is 2. The van der Waals surface area contributed by atoms with Crippen LogP contribution in [-0.4, -0.2) is 17.9 Å². The van der Waals surface area contributed by atoms with Gasteiger partial charge in [-0.25, -0.2) is 0 Å². The van der Waals surface area contributed by atoms with Crippen LogP contribution in [0.5, 0.6) is 0 Å². The summed E-state index contributed by atoms with van der Waals surface area (Å²) in [5.41, 5.74) is 2.81. The Morgan fingerprint density at radius 1 is 1.22 bits per heavy atom. The fourth-order valence-corrected chi connectivity index (χ4v) is 3.29. The van der Waals surface area contributed by atoms with E-state index in [0.29, 0.717) is 0 Å². The molecular weight excluding hydrogens is 228 g/mol. The molecule has 0 saturated carbocycles. The molecular formula is C15H16O3. The highest BCUT2D eigenvalue weighted by Gasteiger charge is 2.49. The monoisotopic (exact) mass is 244 g/mol. The Morgan fingerprint density at radius 2 is 1.94 bits per heavy atom. The highest BCUT2D eigenvalue weighted by atomic mass is 16.6. The summed E-state index contributed by atoms with van der Waals surface area (Å²) in [5.74, 6) is -0.186. The van der Waals surface area contributed by atoms with Crippen molar-refractivity contribution in [3.8, 4) is 0 Å². The Morgan fingerprint density at radius 3 is 2.67 bits per heavy atom. The second-order valence-corrected chi connectivity index (χ2v) is 5.45. The number of hydrogen-bond donors (Lipinski definition) is 0. The summed E-state index contributed by atoms with van der Waals surface area (Å²) in [6, 6.07) is 0. The van der Waals surface area contributed by atoms with Crippen molar-refractivity contribution in [2.45, 2.75) is 26.9 Å². The Balaban J connectivity index is 2.12. The van der Waals surface area contributed by atoms with Gasteiger partial charge in [0.2, 0.25) is 0 Å². The molecule has 4 atom stereocenters. The van der Waals surface area contributed by atoms with E-state index >= 15 is 0 Å². The van der Waals surface area contributed by atoms with Gasteiger partial charge in [0.1, 0.15) is 6.10 Å². The van der Waals surface area contributed by atoms with Crippen molar-refractivity contribution in [2.75, 3.05) is 0 Å². The van der Waals surface area contributed by atoms with Gasteiger partial charge in [-0.15, -0.1) is 0 Å². The molecule has 3 nitrogen and oxygen atoms in total. The first-order chi connectivity index (χ1) is 8.50. The minimum absolute atomic E-state index is 0.0496. The molecule has 3 heteroatoms. The fourth-order valence-electron chi connectivity index (χ4n) is 3.29. The van der Waals surface area contributed by atoms with Crippen molar-refractivity contribution in [1.82, 2.24) is 0 Å². The van der Waals surface area contributed by atoms with E-state index in [1.807, 2.05) is 32.9 Å². The predicted octanol–water partition coefficient (Wildman–Crippen LogP) is 2.20. The zero-order valence-electron chi connectivity index (χ0n) is 10.8. The lowest BCUT2D eigenvalue weighted by molar-refractivity contribution is -0.144. The Hall–Kier alpha value is -1.64. The van der Waals surface area contributed by atoms with Gasteiger partial charge < -0.3 is 4.74 Å². The second-order valence-electron chi connectivity index (χ2n) is 5.45. The Kier molecular flexibility index (Phi) is 2.34. The Bertz CT molecular complexity index is 536. The summed E-state index contributed by atoms with van der Waals surface area (Å²) >= 11 is 0. The van der Waals surface area contributed by atoms with Gasteiger partial charge in [0.15, 0.2) is 5.78 Å². The fraction of sp³-hybridized carbons (Fsp3) is 0.467. The molecule has 1 fully saturated rings. The first-order valence-electron chi connectivity index (χ1n) is 6.32. The van der Waals surface area contributed by atoms with Crippen LogP contribution in [0, 0.1) is 17.8 Å². The summed E-state index contributed by atoms with van der Waals surface area (Å²) in [4.78, 5) is 23.8. The number of carbonyl (C=O) groups is 2. The van der Waals surface area contributed by atoms with Crippen LogP contribution in [0.3, 0.4) is 0 Å². The molecule has 0 N–H and O–H groups in total. The number of fused-ring (bicyclic) bond motifs is 3. The SMILES string of the molecule is CC1=CC(=O)C2=C(C)C=C[C@@H]3[C@@H](OC(=O)[C@H]3C)[C@@H]12. The average Bonchev–Trinajstić information content (AvgIpc) is 2.68. The van der Waals surface area contributed by atoms with E-state index in [1.54, 1.807) is 6.08 Å². The van der Waals surface area contributed by atoms with E-state index in [-0.39, 0.29) is 35.6 Å². The minimum atomic E-state index is -0.209. The van der Waals surface area contributed by atoms with Crippen molar-refractivity contribution in [1.29, 1.82) is 0 Å². The summed E-state index contributed by atoms with van der Waals surface area (Å²) < 4.78 is 5.52. The van der Waals surface area contributed by atoms with Gasteiger partial charge in [-0.05, 0) is 25.5 Å². The normalized spacial score (nSPS) is 38.3. The van der Waals surface area contributed by atoms with Crippen LogP contribution in [0.2, 0.25) is 0 Å². The van der Waals surface area contributed by atoms with Crippen molar-refractivity contribution in [3.63, 3.8) is 0 Å². The predicted molar refractivity (Wildman–Crippen MR) is 66.6 cm³/mol. The minimum Gasteiger partial charge on any atom is -0.460 e. The highest BCUT2D eigenvalue weighted by molar-refractivity contribution is 6.09. The molecule has 1 saturated heterocycles. The molecule has 0 aromatic carbocycles. The van der Waals surface area contributed by atoms with Crippen molar-refractivity contribution in [2.24, 2.45) is 17.8 Å². The lowest BCUT2D eigenvalue weighted by Crippen LogP contribution is -2.27. The Labute approximate surface area is 106 Å². The van der Waals surface area contributed by atoms with Crippen molar-refractivity contribution >= 4 is 11.8 Å². The quantitative estimate of drug-likeness (QED) is 0.613. The van der Waals surface area contributed by atoms with Crippen LogP contribution < -0.4 is 0 Å². The zero-order valence-corrected chi connectivity index (χ0v) is 10.8. The van der Waals surface area contributed by atoms with E-state index in [2.05, 4.69) is 0 Å². The van der Waals surface area contributed by atoms with E-state index < -0.39 is 0 Å². The first kappa shape index (κ1) is 11.5. The number of hydrogen-bond acceptors (Lipinski definition) is 3. The molecule has 3 aliphatic rings. The maximum Gasteiger partial charge on any atom is 0.309 e. The van der Waals surface area contributed by atoms with E-state index in [9.17, 15) is 9.59 Å². The molecule has 0 radical (unpaired) electrons. The second kappa shape index (κ2) is 3.67. The first-order valence-corrected chi connectivity index (χ1v) is 6.32. The molecule has 0 aromatic heterocycles. The van der Waals surface area contributed by atoms with Gasteiger partial charge in [0.25, 0.3) is 0 Å². The van der Waals surface area contributed by atoms with Gasteiger partial charge in [0, 0.05) is 17.4 Å². The van der Waals surface area contributed by atoms with Crippen LogP contribution in [0.4, 0.5) is 0 Å². The summed E-state index contributed by atoms with van der Waals surface area (Å²) in [6.45, 7) is 5.80. The van der Waals surface area contributed by atoms with E-state index in [4.69, 9.17) is 4.74 Å². The van der Waals surface area contributed by atoms with Crippen molar-refractivity contribution < 1.29 is 14.3 Å². The van der Waals surface area contributed by atoms with Crippen LogP contribution in [-0.2, 0) is 14.3 Å². The van der Waals surface area contributed by atoms with Crippen LogP contribution >= 0.6 is 0 Å². The van der Waals surface area contributed by atoms with Crippen LogP contribution in [0.15, 0.2) is 34.9 Å². The van der Waals surface area contributed by atoms with Gasteiger partial charge in [-0.1, -0.05) is 24.6 Å². The lowest BCUT2D eigenvalue weighted by Gasteiger charge is -2.23. The number of esters is 1. The van der Waals surface area contributed by atoms with Crippen LogP contribution in [0.1, 0.15) is 20.8 Å². The largest absolute Gasteiger partial charge is 0.460 e. The maximum atomic E-state index is 12.0. The number of rotatable bonds is 0. The molecule has 0 spiro atoms. The van der Waals surface area contributed by atoms with Gasteiger partial charge in [0.05, 0.1) is 5.92 Å². The highest BCUT2D eigenvalue weighted by Crippen LogP contribution is 2.45. The standard InChI is InChI=1S/C15H16O3/c1-7-4-5-10-9(3)15(17)18-14(10)13-8(2)6-11(16)12(7)13/h4-6,9-10,13-14H,1-3H3/t9-,10-,13-,14+/m0/s1. The summed E-state index contributed by atoms with van der Waals surface area (Å²) in [6.07, 6.45) is 5.47. The van der Waals surface area contributed by atoms with Crippen molar-refractivity contribution in [3.05, 3.63) is 34.9 Å². The van der Waals surface area contributed by atoms with E-state index in [0.717, 1.165) is 16.7 Å². The number of ketones is 1. The third kappa shape index (κ3) is 1.36. The van der Waals surface area contributed by atoms with Gasteiger partial charge >= 0.3 is 5.97 Å². The third-order valence-electron chi connectivity index (χ3n) is 4.33. The molecule has 2 aliphatic carbocycles. The number of allylic oxidation sites excluding steroid dienone is 3. The molecule has 1 heterocycles. The average molecular weight is 244 g/mol. The molecule has 3 rings (SSSR count).